The molecule has 25 heavy (non-hydrogen) atoms. The second kappa shape index (κ2) is 5.72. The SMILES string of the molecule is [2H]c1c([2H])c(B2OC(C)(C)C(C)(C)O2)c2c(-c3ccccc3)c([2H])c([2H])c([2H])c2c1[2H]. The van der Waals surface area contributed by atoms with Crippen LogP contribution in [0.15, 0.2) is 66.6 Å². The molecule has 4 rings (SSSR count). The van der Waals surface area contributed by atoms with Gasteiger partial charge in [0.1, 0.15) is 0 Å². The summed E-state index contributed by atoms with van der Waals surface area (Å²) < 4.78 is 63.2. The van der Waals surface area contributed by atoms with Gasteiger partial charge in [-0.2, -0.15) is 0 Å². The third-order valence-corrected chi connectivity index (χ3v) is 5.08. The van der Waals surface area contributed by atoms with Crippen LogP contribution in [0.1, 0.15) is 35.9 Å². The summed E-state index contributed by atoms with van der Waals surface area (Å²) >= 11 is 0. The van der Waals surface area contributed by atoms with Crippen LogP contribution >= 0.6 is 0 Å². The number of fused-ring (bicyclic) bond motifs is 1. The van der Waals surface area contributed by atoms with E-state index in [-0.39, 0.29) is 47.1 Å². The predicted molar refractivity (Wildman–Crippen MR) is 105 cm³/mol. The first-order chi connectivity index (χ1) is 14.4. The van der Waals surface area contributed by atoms with Crippen LogP contribution in [-0.4, -0.2) is 18.3 Å². The Bertz CT molecular complexity index is 1190. The first-order valence-corrected chi connectivity index (χ1v) is 8.33. The highest BCUT2D eigenvalue weighted by Crippen LogP contribution is 2.38. The standard InChI is InChI=1S/C22H23BO2/c1-21(2)22(3,4)25-23(24-21)19-15-9-13-17-12-8-14-18(20(17)19)16-10-6-5-7-11-16/h5-15H,1-4H3/i8D,9D,12D,13D,14D,15D. The van der Waals surface area contributed by atoms with Crippen LogP contribution in [0, 0.1) is 0 Å². The molecule has 0 aromatic heterocycles. The summed E-state index contributed by atoms with van der Waals surface area (Å²) in [6, 6.07) is 7.30. The Labute approximate surface area is 158 Å². The van der Waals surface area contributed by atoms with Gasteiger partial charge in [0.15, 0.2) is 0 Å². The molecule has 1 saturated heterocycles. The van der Waals surface area contributed by atoms with Crippen molar-refractivity contribution >= 4 is 23.4 Å². The maximum atomic E-state index is 8.66. The second-order valence-electron chi connectivity index (χ2n) is 7.24. The number of benzene rings is 3. The zero-order valence-electron chi connectivity index (χ0n) is 20.8. The molecule has 0 saturated carbocycles. The summed E-state index contributed by atoms with van der Waals surface area (Å²) in [5.74, 6) is 0. The second-order valence-corrected chi connectivity index (χ2v) is 7.24. The molecule has 2 nitrogen and oxygen atoms in total. The molecule has 3 aromatic rings. The quantitative estimate of drug-likeness (QED) is 0.626. The highest BCUT2D eigenvalue weighted by Gasteiger charge is 2.52. The van der Waals surface area contributed by atoms with Gasteiger partial charge in [-0.1, -0.05) is 66.6 Å². The van der Waals surface area contributed by atoms with Gasteiger partial charge in [0.05, 0.1) is 19.4 Å². The molecular formula is C22H23BO2. The zero-order chi connectivity index (χ0) is 22.9. The van der Waals surface area contributed by atoms with E-state index in [0.717, 1.165) is 0 Å². The van der Waals surface area contributed by atoms with Crippen LogP contribution in [0.5, 0.6) is 0 Å². The molecule has 1 heterocycles. The van der Waals surface area contributed by atoms with E-state index in [2.05, 4.69) is 0 Å². The summed E-state index contributed by atoms with van der Waals surface area (Å²) in [7, 11) is -1.01. The van der Waals surface area contributed by atoms with Crippen LogP contribution in [0.4, 0.5) is 0 Å². The van der Waals surface area contributed by atoms with E-state index in [0.29, 0.717) is 16.5 Å². The van der Waals surface area contributed by atoms with Gasteiger partial charge >= 0.3 is 7.12 Å². The van der Waals surface area contributed by atoms with Crippen LogP contribution in [-0.2, 0) is 9.31 Å². The molecule has 1 fully saturated rings. The van der Waals surface area contributed by atoms with E-state index in [9.17, 15) is 0 Å². The van der Waals surface area contributed by atoms with Crippen LogP contribution in [0.2, 0.25) is 0 Å². The summed E-state index contributed by atoms with van der Waals surface area (Å²) in [5, 5.41) is 0.354. The molecular weight excluding hydrogens is 307 g/mol. The van der Waals surface area contributed by atoms with E-state index < -0.39 is 18.3 Å². The van der Waals surface area contributed by atoms with E-state index in [1.165, 1.54) is 0 Å². The molecule has 0 radical (unpaired) electrons. The topological polar surface area (TPSA) is 18.5 Å². The minimum Gasteiger partial charge on any atom is -0.399 e. The van der Waals surface area contributed by atoms with Crippen LogP contribution in [0.25, 0.3) is 21.9 Å². The van der Waals surface area contributed by atoms with Crippen LogP contribution < -0.4 is 5.46 Å². The van der Waals surface area contributed by atoms with E-state index in [1.54, 1.807) is 24.3 Å². The van der Waals surface area contributed by atoms with Crippen molar-refractivity contribution in [2.45, 2.75) is 38.9 Å². The monoisotopic (exact) mass is 336 g/mol. The Morgan fingerprint density at radius 3 is 2.08 bits per heavy atom. The van der Waals surface area contributed by atoms with Crippen molar-refractivity contribution in [3.05, 3.63) is 66.6 Å². The molecule has 1 aliphatic heterocycles. The molecule has 0 amide bonds. The molecule has 0 spiro atoms. The van der Waals surface area contributed by atoms with E-state index in [4.69, 9.17) is 17.5 Å². The lowest BCUT2D eigenvalue weighted by molar-refractivity contribution is 0.00578. The first-order valence-electron chi connectivity index (χ1n) is 11.3. The van der Waals surface area contributed by atoms with E-state index in [1.807, 2.05) is 33.8 Å². The number of rotatable bonds is 2. The lowest BCUT2D eigenvalue weighted by Gasteiger charge is -2.32. The molecule has 0 unspecified atom stereocenters. The van der Waals surface area contributed by atoms with Gasteiger partial charge in [0.25, 0.3) is 0 Å². The van der Waals surface area contributed by atoms with E-state index >= 15 is 0 Å². The van der Waals surface area contributed by atoms with Gasteiger partial charge in [0, 0.05) is 0 Å². The van der Waals surface area contributed by atoms with Gasteiger partial charge in [-0.3, -0.25) is 0 Å². The van der Waals surface area contributed by atoms with Crippen molar-refractivity contribution < 1.29 is 17.5 Å². The average Bonchev–Trinajstić information content (AvgIpc) is 2.92. The molecule has 0 N–H and O–H groups in total. The maximum absolute atomic E-state index is 8.66. The zero-order valence-corrected chi connectivity index (χ0v) is 14.8. The summed E-state index contributed by atoms with van der Waals surface area (Å²) in [5.41, 5.74) is -0.221. The Kier molecular flexibility index (Phi) is 2.47. The van der Waals surface area contributed by atoms with Gasteiger partial charge in [-0.15, -0.1) is 0 Å². The highest BCUT2D eigenvalue weighted by molar-refractivity contribution is 6.65. The molecule has 0 atom stereocenters. The minimum absolute atomic E-state index is 0.0607. The normalized spacial score (nSPS) is 22.0. The van der Waals surface area contributed by atoms with Gasteiger partial charge < -0.3 is 9.31 Å². The first kappa shape index (κ1) is 10.8. The average molecular weight is 336 g/mol. The number of hydrogen-bond donors (Lipinski definition) is 0. The van der Waals surface area contributed by atoms with Gasteiger partial charge in [0.2, 0.25) is 0 Å². The van der Waals surface area contributed by atoms with Crippen molar-refractivity contribution in [2.75, 3.05) is 0 Å². The largest absolute Gasteiger partial charge is 0.495 e. The fraction of sp³-hybridized carbons (Fsp3) is 0.273. The van der Waals surface area contributed by atoms with Crippen molar-refractivity contribution in [1.82, 2.24) is 0 Å². The van der Waals surface area contributed by atoms with Crippen molar-refractivity contribution in [1.29, 1.82) is 0 Å². The molecule has 3 aromatic carbocycles. The molecule has 126 valence electrons. The molecule has 0 aliphatic carbocycles. The van der Waals surface area contributed by atoms with Crippen molar-refractivity contribution in [2.24, 2.45) is 0 Å². The third kappa shape index (κ3) is 2.68. The van der Waals surface area contributed by atoms with Crippen LogP contribution in [0.3, 0.4) is 0 Å². The molecule has 1 aliphatic rings. The Balaban J connectivity index is 2.20. The Morgan fingerprint density at radius 1 is 0.840 bits per heavy atom. The molecule has 0 bridgehead atoms. The van der Waals surface area contributed by atoms with Crippen molar-refractivity contribution in [3.8, 4) is 11.1 Å². The predicted octanol–water partition coefficient (Wildman–Crippen LogP) is 4.81. The minimum atomic E-state index is -1.01. The lowest BCUT2D eigenvalue weighted by Crippen LogP contribution is -2.41. The molecule has 3 heteroatoms. The summed E-state index contributed by atoms with van der Waals surface area (Å²) in [6.07, 6.45) is 0. The fourth-order valence-electron chi connectivity index (χ4n) is 2.95. The smallest absolute Gasteiger partial charge is 0.399 e. The Morgan fingerprint density at radius 2 is 1.44 bits per heavy atom. The van der Waals surface area contributed by atoms with Gasteiger partial charge in [-0.05, 0) is 55.1 Å². The lowest BCUT2D eigenvalue weighted by atomic mass is 9.74. The summed E-state index contributed by atoms with van der Waals surface area (Å²) in [4.78, 5) is 0. The maximum Gasteiger partial charge on any atom is 0.495 e. The van der Waals surface area contributed by atoms with Crippen molar-refractivity contribution in [3.63, 3.8) is 0 Å². The Hall–Kier alpha value is -2.10. The third-order valence-electron chi connectivity index (χ3n) is 5.08. The summed E-state index contributed by atoms with van der Waals surface area (Å²) in [6.45, 7) is 7.52. The highest BCUT2D eigenvalue weighted by atomic mass is 16.7. The fourth-order valence-corrected chi connectivity index (χ4v) is 2.95. The number of hydrogen-bond acceptors (Lipinski definition) is 2. The van der Waals surface area contributed by atoms with Gasteiger partial charge in [-0.25, -0.2) is 0 Å².